The number of nitrogens with zero attached hydrogens (tertiary/aromatic N) is 2. The Morgan fingerprint density at radius 3 is 2.26 bits per heavy atom. The number of rotatable bonds is 8. The van der Waals surface area contributed by atoms with Crippen LogP contribution in [-0.4, -0.2) is 61.0 Å². The molecule has 0 unspecified atom stereocenters. The van der Waals surface area contributed by atoms with E-state index >= 15 is 0 Å². The first-order valence-electron chi connectivity index (χ1n) is 11.9. The lowest BCUT2D eigenvalue weighted by atomic mass is 9.94. The number of ether oxygens (including phenoxy) is 1. The highest BCUT2D eigenvalue weighted by Gasteiger charge is 2.24. The highest BCUT2D eigenvalue weighted by atomic mass is 16.5. The third-order valence-corrected chi connectivity index (χ3v) is 6.53. The summed E-state index contributed by atoms with van der Waals surface area (Å²) >= 11 is 0. The molecule has 166 valence electrons. The second-order valence-corrected chi connectivity index (χ2v) is 8.72. The Kier molecular flexibility index (Phi) is 7.97. The Morgan fingerprint density at radius 2 is 1.55 bits per heavy atom. The van der Waals surface area contributed by atoms with E-state index in [1.165, 1.54) is 45.2 Å². The van der Waals surface area contributed by atoms with E-state index in [0.29, 0.717) is 12.1 Å². The van der Waals surface area contributed by atoms with E-state index in [4.69, 9.17) is 4.74 Å². The normalized spacial score (nSPS) is 18.6. The van der Waals surface area contributed by atoms with Crippen molar-refractivity contribution in [3.63, 3.8) is 0 Å². The lowest BCUT2D eigenvalue weighted by Crippen LogP contribution is -2.51. The number of para-hydroxylation sites is 1. The summed E-state index contributed by atoms with van der Waals surface area (Å²) in [6.07, 6.45) is 8.02. The quantitative estimate of drug-likeness (QED) is 0.635. The molecule has 0 aromatic heterocycles. The van der Waals surface area contributed by atoms with E-state index < -0.39 is 0 Å². The maximum absolute atomic E-state index is 12.4. The van der Waals surface area contributed by atoms with Gasteiger partial charge in [0.15, 0.2) is 0 Å². The second-order valence-electron chi connectivity index (χ2n) is 8.72. The predicted molar refractivity (Wildman–Crippen MR) is 125 cm³/mol. The molecule has 0 radical (unpaired) electrons. The topological polar surface area (TPSA) is 44.8 Å². The van der Waals surface area contributed by atoms with Gasteiger partial charge in [-0.05, 0) is 62.2 Å². The fourth-order valence-corrected chi connectivity index (χ4v) is 4.70. The Labute approximate surface area is 186 Å². The maximum Gasteiger partial charge on any atom is 0.251 e. The van der Waals surface area contributed by atoms with E-state index in [2.05, 4.69) is 15.1 Å². The summed E-state index contributed by atoms with van der Waals surface area (Å²) in [5.74, 6) is 1.50. The summed E-state index contributed by atoms with van der Waals surface area (Å²) in [7, 11) is 0. The van der Waals surface area contributed by atoms with Gasteiger partial charge in [0.2, 0.25) is 0 Å². The minimum Gasteiger partial charge on any atom is -0.457 e. The number of piperazine rings is 1. The van der Waals surface area contributed by atoms with Gasteiger partial charge in [0, 0.05) is 44.3 Å². The average Bonchev–Trinajstić information content (AvgIpc) is 2.84. The highest BCUT2D eigenvalue weighted by molar-refractivity contribution is 5.94. The Bertz CT molecular complexity index is 795. The molecule has 1 amide bonds. The summed E-state index contributed by atoms with van der Waals surface area (Å²) in [4.78, 5) is 17.7. The third kappa shape index (κ3) is 6.55. The van der Waals surface area contributed by atoms with Crippen LogP contribution in [0.5, 0.6) is 11.5 Å². The van der Waals surface area contributed by atoms with Gasteiger partial charge >= 0.3 is 0 Å². The zero-order valence-corrected chi connectivity index (χ0v) is 18.5. The van der Waals surface area contributed by atoms with Crippen molar-refractivity contribution < 1.29 is 9.53 Å². The van der Waals surface area contributed by atoms with Gasteiger partial charge in [-0.15, -0.1) is 0 Å². The van der Waals surface area contributed by atoms with Crippen LogP contribution in [-0.2, 0) is 0 Å². The van der Waals surface area contributed by atoms with Crippen molar-refractivity contribution in [2.45, 2.75) is 44.6 Å². The zero-order chi connectivity index (χ0) is 21.3. The highest BCUT2D eigenvalue weighted by Crippen LogP contribution is 2.23. The molecule has 2 fully saturated rings. The van der Waals surface area contributed by atoms with Crippen molar-refractivity contribution >= 4 is 5.91 Å². The Morgan fingerprint density at radius 1 is 0.871 bits per heavy atom. The molecule has 5 nitrogen and oxygen atoms in total. The number of amides is 1. The van der Waals surface area contributed by atoms with Crippen LogP contribution >= 0.6 is 0 Å². The van der Waals surface area contributed by atoms with Gasteiger partial charge in [-0.2, -0.15) is 0 Å². The molecule has 1 heterocycles. The first kappa shape index (κ1) is 21.8. The van der Waals surface area contributed by atoms with E-state index in [-0.39, 0.29) is 5.91 Å². The molecule has 0 atom stereocenters. The molecular formula is C26H35N3O2. The number of carbonyl (C=O) groups is 1. The van der Waals surface area contributed by atoms with Crippen LogP contribution in [0.15, 0.2) is 54.6 Å². The molecule has 1 saturated heterocycles. The first-order chi connectivity index (χ1) is 15.3. The number of carbonyl (C=O) groups excluding carboxylic acids is 1. The van der Waals surface area contributed by atoms with Crippen molar-refractivity contribution in [2.75, 3.05) is 39.3 Å². The molecule has 1 aliphatic heterocycles. The van der Waals surface area contributed by atoms with E-state index in [0.717, 1.165) is 43.6 Å². The molecule has 4 rings (SSSR count). The molecule has 1 aliphatic carbocycles. The van der Waals surface area contributed by atoms with Crippen LogP contribution in [0.2, 0.25) is 0 Å². The lowest BCUT2D eigenvalue weighted by molar-refractivity contribution is 0.0779. The largest absolute Gasteiger partial charge is 0.457 e. The monoisotopic (exact) mass is 421 g/mol. The summed E-state index contributed by atoms with van der Waals surface area (Å²) in [5, 5.41) is 3.05. The van der Waals surface area contributed by atoms with E-state index in [9.17, 15) is 4.79 Å². The van der Waals surface area contributed by atoms with Gasteiger partial charge in [-0.25, -0.2) is 0 Å². The Balaban J connectivity index is 1.12. The molecule has 0 spiro atoms. The van der Waals surface area contributed by atoms with Gasteiger partial charge < -0.3 is 15.0 Å². The first-order valence-corrected chi connectivity index (χ1v) is 11.9. The summed E-state index contributed by atoms with van der Waals surface area (Å²) in [6, 6.07) is 17.8. The fourth-order valence-electron chi connectivity index (χ4n) is 4.70. The van der Waals surface area contributed by atoms with Crippen molar-refractivity contribution in [2.24, 2.45) is 0 Å². The van der Waals surface area contributed by atoms with Gasteiger partial charge in [0.1, 0.15) is 11.5 Å². The van der Waals surface area contributed by atoms with Crippen molar-refractivity contribution in [1.29, 1.82) is 0 Å². The zero-order valence-electron chi connectivity index (χ0n) is 18.5. The average molecular weight is 422 g/mol. The summed E-state index contributed by atoms with van der Waals surface area (Å²) < 4.78 is 5.78. The molecule has 5 heteroatoms. The summed E-state index contributed by atoms with van der Waals surface area (Å²) in [6.45, 7) is 6.50. The van der Waals surface area contributed by atoms with E-state index in [1.54, 1.807) is 0 Å². The van der Waals surface area contributed by atoms with Gasteiger partial charge in [0.05, 0.1) is 0 Å². The van der Waals surface area contributed by atoms with Crippen LogP contribution in [0.3, 0.4) is 0 Å². The van der Waals surface area contributed by atoms with Crippen LogP contribution in [0, 0.1) is 0 Å². The van der Waals surface area contributed by atoms with Gasteiger partial charge in [-0.1, -0.05) is 37.5 Å². The maximum atomic E-state index is 12.4. The fraction of sp³-hybridized carbons (Fsp3) is 0.500. The lowest BCUT2D eigenvalue weighted by Gasteiger charge is -2.40. The number of hydrogen-bond donors (Lipinski definition) is 1. The standard InChI is InChI=1S/C26H35N3O2/c30-26(22-12-14-25(15-13-22)31-24-10-5-2-6-11-24)27-16-7-17-28-18-20-29(21-19-28)23-8-3-1-4-9-23/h2,5-6,10-15,23H,1,3-4,7-9,16-21H2,(H,27,30). The van der Waals surface area contributed by atoms with Crippen molar-refractivity contribution in [3.8, 4) is 11.5 Å². The number of benzene rings is 2. The van der Waals surface area contributed by atoms with Crippen molar-refractivity contribution in [1.82, 2.24) is 15.1 Å². The second kappa shape index (κ2) is 11.3. The number of nitrogens with one attached hydrogen (secondary N) is 1. The van der Waals surface area contributed by atoms with Crippen LogP contribution in [0.25, 0.3) is 0 Å². The van der Waals surface area contributed by atoms with Crippen LogP contribution < -0.4 is 10.1 Å². The minimum atomic E-state index is -0.0200. The smallest absolute Gasteiger partial charge is 0.251 e. The SMILES string of the molecule is O=C(NCCCN1CCN(C2CCCCC2)CC1)c1ccc(Oc2ccccc2)cc1. The van der Waals surface area contributed by atoms with Crippen LogP contribution in [0.4, 0.5) is 0 Å². The molecule has 1 N–H and O–H groups in total. The minimum absolute atomic E-state index is 0.0200. The molecule has 0 bridgehead atoms. The van der Waals surface area contributed by atoms with Gasteiger partial charge in [0.25, 0.3) is 5.91 Å². The molecule has 2 aromatic carbocycles. The predicted octanol–water partition coefficient (Wildman–Crippen LogP) is 4.55. The van der Waals surface area contributed by atoms with E-state index in [1.807, 2.05) is 54.6 Å². The molecule has 2 aromatic rings. The van der Waals surface area contributed by atoms with Crippen molar-refractivity contribution in [3.05, 3.63) is 60.2 Å². The molecule has 31 heavy (non-hydrogen) atoms. The summed E-state index contributed by atoms with van der Waals surface area (Å²) in [5.41, 5.74) is 0.668. The molecule has 1 saturated carbocycles. The van der Waals surface area contributed by atoms with Gasteiger partial charge in [-0.3, -0.25) is 9.69 Å². The van der Waals surface area contributed by atoms with Crippen LogP contribution in [0.1, 0.15) is 48.9 Å². The molecular weight excluding hydrogens is 386 g/mol. The third-order valence-electron chi connectivity index (χ3n) is 6.53. The number of hydrogen-bond acceptors (Lipinski definition) is 4. The molecule has 2 aliphatic rings. The Hall–Kier alpha value is -2.37.